The molecule has 152 valence electrons. The maximum atomic E-state index is 16.1. The van der Waals surface area contributed by atoms with Crippen molar-refractivity contribution in [3.05, 3.63) is 73.7 Å². The van der Waals surface area contributed by atoms with Gasteiger partial charge in [0.2, 0.25) is 0 Å². The molecule has 1 aromatic heterocycles. The van der Waals surface area contributed by atoms with Gasteiger partial charge >= 0.3 is 6.97 Å². The van der Waals surface area contributed by atoms with E-state index in [9.17, 15) is 0 Å². The van der Waals surface area contributed by atoms with Crippen LogP contribution in [0.25, 0.3) is 5.57 Å². The van der Waals surface area contributed by atoms with Crippen molar-refractivity contribution in [3.8, 4) is 0 Å². The van der Waals surface area contributed by atoms with Crippen molar-refractivity contribution in [1.82, 2.24) is 4.48 Å². The van der Waals surface area contributed by atoms with E-state index >= 15 is 8.63 Å². The summed E-state index contributed by atoms with van der Waals surface area (Å²) in [6, 6.07) is 7.92. The Morgan fingerprint density at radius 1 is 1.03 bits per heavy atom. The fraction of sp³-hybridized carbons (Fsp3) is 0.348. The van der Waals surface area contributed by atoms with Crippen LogP contribution in [0.5, 0.6) is 0 Å². The number of halogens is 3. The normalized spacial score (nSPS) is 18.0. The molecule has 0 unspecified atom stereocenters. The lowest BCUT2D eigenvalue weighted by Crippen LogP contribution is -2.51. The Hall–Kier alpha value is -1.95. The molecule has 0 aliphatic carbocycles. The van der Waals surface area contributed by atoms with Crippen LogP contribution in [-0.2, 0) is 6.42 Å². The summed E-state index contributed by atoms with van der Waals surface area (Å²) in [5, 5.41) is 0. The van der Waals surface area contributed by atoms with Gasteiger partial charge in [-0.25, -0.2) is 0 Å². The summed E-state index contributed by atoms with van der Waals surface area (Å²) in [6.07, 6.45) is 1.47. The fourth-order valence-electron chi connectivity index (χ4n) is 5.40. The van der Waals surface area contributed by atoms with Crippen molar-refractivity contribution in [1.29, 1.82) is 0 Å². The summed E-state index contributed by atoms with van der Waals surface area (Å²) < 4.78 is 35.8. The van der Waals surface area contributed by atoms with Crippen molar-refractivity contribution >= 4 is 34.2 Å². The smallest absolute Gasteiger partial charge is 0.393 e. The molecular weight excluding hydrogens is 433 g/mol. The second-order valence-corrected chi connectivity index (χ2v) is 8.82. The van der Waals surface area contributed by atoms with E-state index in [0.29, 0.717) is 22.8 Å². The standard InChI is InChI=1S/C23H26BBrF2N2/c1-7-17-13(3)22-21(19-11-9-10-12-20(19)25)23-14(4)18(8-2)16(6)29(23)24(26,27)28(22)15(17)5/h9-12H,7-8H2,1-6H3. The van der Waals surface area contributed by atoms with Crippen molar-refractivity contribution < 1.29 is 13.1 Å². The fourth-order valence-corrected chi connectivity index (χ4v) is 5.88. The highest BCUT2D eigenvalue weighted by Gasteiger charge is 2.56. The Morgan fingerprint density at radius 2 is 1.69 bits per heavy atom. The minimum Gasteiger partial charge on any atom is -0.393 e. The molecule has 3 heterocycles. The lowest BCUT2D eigenvalue weighted by atomic mass is 9.83. The van der Waals surface area contributed by atoms with Crippen LogP contribution in [0.3, 0.4) is 0 Å². The minimum atomic E-state index is -3.97. The Morgan fingerprint density at radius 3 is 2.28 bits per heavy atom. The molecule has 4 rings (SSSR count). The molecule has 0 bridgehead atoms. The zero-order chi connectivity index (χ0) is 21.2. The molecule has 0 atom stereocenters. The van der Waals surface area contributed by atoms with Crippen molar-refractivity contribution in [2.24, 2.45) is 0 Å². The Balaban J connectivity index is 2.26. The van der Waals surface area contributed by atoms with E-state index in [1.807, 2.05) is 65.8 Å². The monoisotopic (exact) mass is 458 g/mol. The number of benzene rings is 1. The molecule has 6 heteroatoms. The molecule has 0 radical (unpaired) electrons. The van der Waals surface area contributed by atoms with Gasteiger partial charge in [0, 0.05) is 33.8 Å². The third kappa shape index (κ3) is 2.54. The number of nitrogens with zero attached hydrogens (tertiary/aromatic N) is 2. The van der Waals surface area contributed by atoms with Crippen molar-refractivity contribution in [2.45, 2.75) is 54.4 Å². The first-order valence-corrected chi connectivity index (χ1v) is 11.0. The zero-order valence-corrected chi connectivity index (χ0v) is 19.4. The number of fused-ring (bicyclic) bond motifs is 2. The van der Waals surface area contributed by atoms with Gasteiger partial charge in [-0.05, 0) is 56.5 Å². The lowest BCUT2D eigenvalue weighted by molar-refractivity contribution is -0.363. The third-order valence-corrected chi connectivity index (χ3v) is 7.33. The molecule has 0 amide bonds. The van der Waals surface area contributed by atoms with Crippen LogP contribution in [0.2, 0.25) is 0 Å². The molecule has 2 aliphatic rings. The van der Waals surface area contributed by atoms with Crippen LogP contribution in [0.15, 0.2) is 45.6 Å². The Kier molecular flexibility index (Phi) is 4.77. The van der Waals surface area contributed by atoms with Gasteiger partial charge < -0.3 is 17.6 Å². The van der Waals surface area contributed by atoms with Gasteiger partial charge in [0.1, 0.15) is 5.71 Å². The average molecular weight is 459 g/mol. The van der Waals surface area contributed by atoms with Crippen LogP contribution in [0, 0.1) is 13.8 Å². The first kappa shape index (κ1) is 20.3. The third-order valence-electron chi connectivity index (χ3n) is 6.64. The van der Waals surface area contributed by atoms with Crippen molar-refractivity contribution in [3.63, 3.8) is 0 Å². The maximum absolute atomic E-state index is 16.1. The molecule has 29 heavy (non-hydrogen) atoms. The predicted molar refractivity (Wildman–Crippen MR) is 121 cm³/mol. The average Bonchev–Trinajstić information content (AvgIpc) is 3.08. The molecule has 2 aliphatic heterocycles. The number of aromatic nitrogens is 1. The van der Waals surface area contributed by atoms with Crippen LogP contribution in [0.4, 0.5) is 8.63 Å². The SMILES string of the molecule is CCC1=C(C)C2=C(c3ccccc3Br)c3c(C)c(CC)c(C)n3[B-](F)(F)[N+]2=C1C. The van der Waals surface area contributed by atoms with Gasteiger partial charge in [0.25, 0.3) is 0 Å². The Bertz CT molecular complexity index is 1150. The summed E-state index contributed by atoms with van der Waals surface area (Å²) in [6.45, 7) is 7.75. The van der Waals surface area contributed by atoms with Gasteiger partial charge in [-0.15, -0.1) is 0 Å². The summed E-state index contributed by atoms with van der Waals surface area (Å²) in [5.74, 6) is 0. The molecular formula is C23H26BBrF2N2. The largest absolute Gasteiger partial charge is 0.737 e. The van der Waals surface area contributed by atoms with E-state index in [0.717, 1.165) is 50.7 Å². The van der Waals surface area contributed by atoms with Gasteiger partial charge in [-0.3, -0.25) is 0 Å². The zero-order valence-electron chi connectivity index (χ0n) is 17.8. The van der Waals surface area contributed by atoms with E-state index in [2.05, 4.69) is 15.9 Å². The van der Waals surface area contributed by atoms with E-state index in [1.54, 1.807) is 0 Å². The van der Waals surface area contributed by atoms with Gasteiger partial charge in [0.15, 0.2) is 5.70 Å². The van der Waals surface area contributed by atoms with Gasteiger partial charge in [0.05, 0.1) is 5.57 Å². The maximum Gasteiger partial charge on any atom is 0.737 e. The van der Waals surface area contributed by atoms with E-state index < -0.39 is 6.97 Å². The number of hydrogen-bond acceptors (Lipinski definition) is 0. The summed E-state index contributed by atoms with van der Waals surface area (Å²) in [7, 11) is 0. The second-order valence-electron chi connectivity index (χ2n) is 7.97. The lowest BCUT2D eigenvalue weighted by Gasteiger charge is -2.34. The molecule has 1 aromatic carbocycles. The number of hydrogen-bond donors (Lipinski definition) is 0. The minimum absolute atomic E-state index is 0.659. The van der Waals surface area contributed by atoms with Crippen LogP contribution in [-0.4, -0.2) is 21.6 Å². The van der Waals surface area contributed by atoms with Gasteiger partial charge in [-0.1, -0.05) is 48.0 Å². The predicted octanol–water partition coefficient (Wildman–Crippen LogP) is 6.64. The van der Waals surface area contributed by atoms with Crippen LogP contribution >= 0.6 is 15.9 Å². The quantitative estimate of drug-likeness (QED) is 0.455. The van der Waals surface area contributed by atoms with Crippen LogP contribution in [0.1, 0.15) is 62.2 Å². The first-order chi connectivity index (χ1) is 13.7. The Labute approximate surface area is 179 Å². The molecule has 0 saturated carbocycles. The summed E-state index contributed by atoms with van der Waals surface area (Å²) >= 11 is 3.68. The molecule has 0 saturated heterocycles. The van der Waals surface area contributed by atoms with E-state index in [4.69, 9.17) is 0 Å². The van der Waals surface area contributed by atoms with Crippen LogP contribution < -0.4 is 0 Å². The number of rotatable bonds is 3. The summed E-state index contributed by atoms with van der Waals surface area (Å²) in [4.78, 5) is 0. The number of allylic oxidation sites excluding steroid dienone is 2. The topological polar surface area (TPSA) is 7.94 Å². The van der Waals surface area contributed by atoms with Gasteiger partial charge in [-0.2, -0.15) is 0 Å². The molecule has 2 aromatic rings. The van der Waals surface area contributed by atoms with E-state index in [1.165, 1.54) is 8.96 Å². The summed E-state index contributed by atoms with van der Waals surface area (Å²) in [5.41, 5.74) is 8.45. The second kappa shape index (κ2) is 6.80. The molecule has 2 nitrogen and oxygen atoms in total. The highest BCUT2D eigenvalue weighted by atomic mass is 79.9. The van der Waals surface area contributed by atoms with Crippen molar-refractivity contribution in [2.75, 3.05) is 0 Å². The molecule has 0 spiro atoms. The molecule has 0 fully saturated rings. The highest BCUT2D eigenvalue weighted by Crippen LogP contribution is 2.48. The molecule has 0 N–H and O–H groups in total. The van der Waals surface area contributed by atoms with E-state index in [-0.39, 0.29) is 0 Å². The first-order valence-electron chi connectivity index (χ1n) is 10.2. The highest BCUT2D eigenvalue weighted by molar-refractivity contribution is 9.10.